The molecule has 21 heavy (non-hydrogen) atoms. The number of nitrogens with zero attached hydrogens (tertiary/aromatic N) is 2. The van der Waals surface area contributed by atoms with Crippen molar-refractivity contribution in [1.29, 1.82) is 0 Å². The summed E-state index contributed by atoms with van der Waals surface area (Å²) < 4.78 is 0. The van der Waals surface area contributed by atoms with E-state index in [0.717, 1.165) is 25.7 Å². The highest BCUT2D eigenvalue weighted by Crippen LogP contribution is 2.31. The second-order valence-electron chi connectivity index (χ2n) is 5.44. The van der Waals surface area contributed by atoms with Crippen LogP contribution >= 0.6 is 0 Å². The molecule has 0 saturated heterocycles. The Morgan fingerprint density at radius 2 is 2.10 bits per heavy atom. The lowest BCUT2D eigenvalue weighted by Crippen LogP contribution is -2.29. The highest BCUT2D eigenvalue weighted by Gasteiger charge is 2.25. The quantitative estimate of drug-likeness (QED) is 0.549. The SMILES string of the molecule is CNc1ccc([N+](=O)[O-])c(NCC2CCCCC2CO)n1. The fourth-order valence-electron chi connectivity index (χ4n) is 2.89. The van der Waals surface area contributed by atoms with E-state index in [9.17, 15) is 15.2 Å². The van der Waals surface area contributed by atoms with E-state index in [1.54, 1.807) is 13.1 Å². The van der Waals surface area contributed by atoms with Crippen LogP contribution < -0.4 is 10.6 Å². The molecule has 2 unspecified atom stereocenters. The number of anilines is 2. The van der Waals surface area contributed by atoms with Crippen molar-refractivity contribution in [3.05, 3.63) is 22.2 Å². The van der Waals surface area contributed by atoms with Crippen LogP contribution in [-0.4, -0.2) is 35.2 Å². The Labute approximate surface area is 123 Å². The van der Waals surface area contributed by atoms with Crippen molar-refractivity contribution in [1.82, 2.24) is 4.98 Å². The van der Waals surface area contributed by atoms with Crippen LogP contribution in [0.25, 0.3) is 0 Å². The summed E-state index contributed by atoms with van der Waals surface area (Å²) >= 11 is 0. The third-order valence-corrected chi connectivity index (χ3v) is 4.16. The Kier molecular flexibility index (Phi) is 5.32. The molecule has 1 fully saturated rings. The van der Waals surface area contributed by atoms with Crippen LogP contribution in [0.15, 0.2) is 12.1 Å². The second kappa shape index (κ2) is 7.21. The average Bonchev–Trinajstić information content (AvgIpc) is 2.52. The van der Waals surface area contributed by atoms with Crippen LogP contribution in [0.5, 0.6) is 0 Å². The molecule has 0 spiro atoms. The molecule has 1 aromatic rings. The number of nitro groups is 1. The monoisotopic (exact) mass is 294 g/mol. The van der Waals surface area contributed by atoms with Gasteiger partial charge < -0.3 is 15.7 Å². The third-order valence-electron chi connectivity index (χ3n) is 4.16. The molecular weight excluding hydrogens is 272 g/mol. The number of aliphatic hydroxyl groups excluding tert-OH is 1. The summed E-state index contributed by atoms with van der Waals surface area (Å²) in [6.45, 7) is 0.782. The minimum atomic E-state index is -0.431. The topological polar surface area (TPSA) is 100 Å². The molecule has 116 valence electrons. The van der Waals surface area contributed by atoms with E-state index >= 15 is 0 Å². The number of nitrogens with one attached hydrogen (secondary N) is 2. The molecule has 2 atom stereocenters. The summed E-state index contributed by atoms with van der Waals surface area (Å²) in [5.41, 5.74) is -0.0228. The zero-order valence-electron chi connectivity index (χ0n) is 12.2. The van der Waals surface area contributed by atoms with Crippen molar-refractivity contribution in [3.63, 3.8) is 0 Å². The van der Waals surface area contributed by atoms with Gasteiger partial charge in [0, 0.05) is 26.3 Å². The zero-order chi connectivity index (χ0) is 15.2. The van der Waals surface area contributed by atoms with Gasteiger partial charge in [-0.3, -0.25) is 10.1 Å². The lowest BCUT2D eigenvalue weighted by Gasteiger charge is -2.30. The van der Waals surface area contributed by atoms with Crippen molar-refractivity contribution >= 4 is 17.3 Å². The summed E-state index contributed by atoms with van der Waals surface area (Å²) in [6.07, 6.45) is 4.36. The van der Waals surface area contributed by atoms with Crippen molar-refractivity contribution in [2.75, 3.05) is 30.8 Å². The predicted molar refractivity (Wildman–Crippen MR) is 81.5 cm³/mol. The fraction of sp³-hybridized carbons (Fsp3) is 0.643. The number of aromatic nitrogens is 1. The van der Waals surface area contributed by atoms with Crippen molar-refractivity contribution in [2.45, 2.75) is 25.7 Å². The van der Waals surface area contributed by atoms with Crippen LogP contribution in [0.2, 0.25) is 0 Å². The van der Waals surface area contributed by atoms with Crippen LogP contribution in [0.1, 0.15) is 25.7 Å². The summed E-state index contributed by atoms with van der Waals surface area (Å²) in [6, 6.07) is 3.03. The Morgan fingerprint density at radius 1 is 1.38 bits per heavy atom. The Morgan fingerprint density at radius 3 is 2.71 bits per heavy atom. The van der Waals surface area contributed by atoms with Gasteiger partial charge in [-0.05, 0) is 30.7 Å². The number of rotatable bonds is 6. The van der Waals surface area contributed by atoms with Gasteiger partial charge in [0.1, 0.15) is 5.82 Å². The van der Waals surface area contributed by atoms with Gasteiger partial charge in [-0.15, -0.1) is 0 Å². The summed E-state index contributed by atoms with van der Waals surface area (Å²) in [5, 5.41) is 26.5. The van der Waals surface area contributed by atoms with E-state index < -0.39 is 4.92 Å². The minimum Gasteiger partial charge on any atom is -0.396 e. The van der Waals surface area contributed by atoms with Crippen molar-refractivity contribution < 1.29 is 10.0 Å². The Balaban J connectivity index is 2.09. The number of hydrogen-bond donors (Lipinski definition) is 3. The molecule has 1 heterocycles. The molecule has 2 rings (SSSR count). The Hall–Kier alpha value is -1.89. The first-order chi connectivity index (χ1) is 10.2. The fourth-order valence-corrected chi connectivity index (χ4v) is 2.89. The number of hydrogen-bond acceptors (Lipinski definition) is 6. The summed E-state index contributed by atoms with van der Waals surface area (Å²) in [5.74, 6) is 1.49. The van der Waals surface area contributed by atoms with Crippen LogP contribution in [0, 0.1) is 22.0 Å². The first kappa shape index (κ1) is 15.5. The predicted octanol–water partition coefficient (Wildman–Crippen LogP) is 2.24. The summed E-state index contributed by atoms with van der Waals surface area (Å²) in [4.78, 5) is 14.8. The molecule has 0 radical (unpaired) electrons. The maximum atomic E-state index is 11.1. The van der Waals surface area contributed by atoms with Gasteiger partial charge in [-0.2, -0.15) is 0 Å². The first-order valence-corrected chi connectivity index (χ1v) is 7.33. The molecule has 1 aliphatic rings. The third kappa shape index (κ3) is 3.81. The normalized spacial score (nSPS) is 21.8. The van der Waals surface area contributed by atoms with E-state index in [1.807, 2.05) is 0 Å². The molecule has 3 N–H and O–H groups in total. The molecule has 0 bridgehead atoms. The first-order valence-electron chi connectivity index (χ1n) is 7.33. The molecule has 0 aromatic carbocycles. The van der Waals surface area contributed by atoms with E-state index in [-0.39, 0.29) is 24.0 Å². The van der Waals surface area contributed by atoms with E-state index in [1.165, 1.54) is 6.07 Å². The van der Waals surface area contributed by atoms with E-state index in [2.05, 4.69) is 15.6 Å². The van der Waals surface area contributed by atoms with Crippen LogP contribution in [0.4, 0.5) is 17.3 Å². The standard InChI is InChI=1S/C14H22N4O3/c1-15-13-7-6-12(18(20)21)14(17-13)16-8-10-4-2-3-5-11(10)9-19/h6-7,10-11,19H,2-5,8-9H2,1H3,(H2,15,16,17). The molecule has 0 amide bonds. The maximum Gasteiger partial charge on any atom is 0.311 e. The van der Waals surface area contributed by atoms with Gasteiger partial charge in [0.15, 0.2) is 0 Å². The maximum absolute atomic E-state index is 11.1. The highest BCUT2D eigenvalue weighted by molar-refractivity contribution is 5.60. The van der Waals surface area contributed by atoms with Crippen LogP contribution in [-0.2, 0) is 0 Å². The number of aliphatic hydroxyl groups is 1. The van der Waals surface area contributed by atoms with Gasteiger partial charge in [0.05, 0.1) is 4.92 Å². The largest absolute Gasteiger partial charge is 0.396 e. The smallest absolute Gasteiger partial charge is 0.311 e. The van der Waals surface area contributed by atoms with Gasteiger partial charge in [0.2, 0.25) is 5.82 Å². The Bertz CT molecular complexity index is 495. The lowest BCUT2D eigenvalue weighted by molar-refractivity contribution is -0.384. The van der Waals surface area contributed by atoms with Gasteiger partial charge >= 0.3 is 5.69 Å². The molecule has 7 nitrogen and oxygen atoms in total. The molecule has 0 aliphatic heterocycles. The van der Waals surface area contributed by atoms with Gasteiger partial charge in [0.25, 0.3) is 0 Å². The van der Waals surface area contributed by atoms with Crippen molar-refractivity contribution in [3.8, 4) is 0 Å². The minimum absolute atomic E-state index is 0.0228. The summed E-state index contributed by atoms with van der Waals surface area (Å²) in [7, 11) is 1.72. The van der Waals surface area contributed by atoms with Gasteiger partial charge in [-0.25, -0.2) is 4.98 Å². The zero-order valence-corrected chi connectivity index (χ0v) is 12.2. The van der Waals surface area contributed by atoms with Crippen molar-refractivity contribution in [2.24, 2.45) is 11.8 Å². The van der Waals surface area contributed by atoms with Gasteiger partial charge in [-0.1, -0.05) is 12.8 Å². The molecule has 7 heteroatoms. The van der Waals surface area contributed by atoms with E-state index in [4.69, 9.17) is 0 Å². The van der Waals surface area contributed by atoms with Crippen LogP contribution in [0.3, 0.4) is 0 Å². The molecular formula is C14H22N4O3. The highest BCUT2D eigenvalue weighted by atomic mass is 16.6. The number of pyridine rings is 1. The van der Waals surface area contributed by atoms with E-state index in [0.29, 0.717) is 18.3 Å². The molecule has 1 aromatic heterocycles. The average molecular weight is 294 g/mol. The molecule has 1 aliphatic carbocycles. The second-order valence-corrected chi connectivity index (χ2v) is 5.44. The molecule has 1 saturated carbocycles. The lowest BCUT2D eigenvalue weighted by atomic mass is 9.79.